The van der Waals surface area contributed by atoms with Crippen LogP contribution in [0.15, 0.2) is 51.9 Å². The molecule has 0 spiro atoms. The first kappa shape index (κ1) is 16.8. The molecule has 5 rings (SSSR count). The molecular weight excluding hydrogens is 356 g/mol. The standard InChI is InChI=1S/C21H20N4O3/c1-23-20(26)15-12-14(8-9-19(15)28-23)17-6-5-7-18-16(13-22-25(17)18)21(27)24-10-3-2-4-11-24/h5-9,12-13H,2-4,10-11H2,1H3. The second-order valence-corrected chi connectivity index (χ2v) is 7.22. The van der Waals surface area contributed by atoms with Gasteiger partial charge in [-0.3, -0.25) is 9.59 Å². The van der Waals surface area contributed by atoms with Crippen molar-refractivity contribution in [1.29, 1.82) is 0 Å². The van der Waals surface area contributed by atoms with Gasteiger partial charge in [0.05, 0.1) is 28.4 Å². The zero-order valence-electron chi connectivity index (χ0n) is 15.6. The highest BCUT2D eigenvalue weighted by atomic mass is 16.5. The van der Waals surface area contributed by atoms with E-state index in [-0.39, 0.29) is 11.5 Å². The lowest BCUT2D eigenvalue weighted by molar-refractivity contribution is 0.0726. The summed E-state index contributed by atoms with van der Waals surface area (Å²) in [4.78, 5) is 27.1. The summed E-state index contributed by atoms with van der Waals surface area (Å²) in [6.07, 6.45) is 4.93. The molecule has 142 valence electrons. The molecule has 0 aliphatic carbocycles. The second kappa shape index (κ2) is 6.37. The van der Waals surface area contributed by atoms with Gasteiger partial charge in [-0.25, -0.2) is 4.52 Å². The number of piperidine rings is 1. The zero-order chi connectivity index (χ0) is 19.3. The molecule has 28 heavy (non-hydrogen) atoms. The Morgan fingerprint density at radius 1 is 1.11 bits per heavy atom. The minimum absolute atomic E-state index is 0.0333. The number of amides is 1. The Morgan fingerprint density at radius 2 is 1.93 bits per heavy atom. The number of hydrogen-bond donors (Lipinski definition) is 0. The van der Waals surface area contributed by atoms with Crippen molar-refractivity contribution in [3.63, 3.8) is 0 Å². The van der Waals surface area contributed by atoms with Gasteiger partial charge in [-0.1, -0.05) is 6.07 Å². The number of rotatable bonds is 2. The van der Waals surface area contributed by atoms with Crippen LogP contribution in [-0.4, -0.2) is 38.3 Å². The van der Waals surface area contributed by atoms with Crippen molar-refractivity contribution in [2.24, 2.45) is 7.05 Å². The minimum atomic E-state index is -0.176. The number of likely N-dealkylation sites (tertiary alicyclic amines) is 1. The molecule has 7 nitrogen and oxygen atoms in total. The van der Waals surface area contributed by atoms with Gasteiger partial charge >= 0.3 is 0 Å². The molecule has 1 aromatic carbocycles. The van der Waals surface area contributed by atoms with Crippen LogP contribution in [0.25, 0.3) is 27.7 Å². The number of fused-ring (bicyclic) bond motifs is 2. The van der Waals surface area contributed by atoms with Crippen LogP contribution in [0.2, 0.25) is 0 Å². The van der Waals surface area contributed by atoms with Crippen LogP contribution in [0.5, 0.6) is 0 Å². The average Bonchev–Trinajstić information content (AvgIpc) is 3.29. The summed E-state index contributed by atoms with van der Waals surface area (Å²) in [6.45, 7) is 1.60. The lowest BCUT2D eigenvalue weighted by Gasteiger charge is -2.26. The first-order valence-corrected chi connectivity index (χ1v) is 9.50. The number of aryl methyl sites for hydroxylation is 1. The number of benzene rings is 1. The lowest BCUT2D eigenvalue weighted by Crippen LogP contribution is -2.35. The Morgan fingerprint density at radius 3 is 2.75 bits per heavy atom. The second-order valence-electron chi connectivity index (χ2n) is 7.22. The highest BCUT2D eigenvalue weighted by Gasteiger charge is 2.22. The Labute approximate surface area is 160 Å². The third-order valence-electron chi connectivity index (χ3n) is 5.44. The fraction of sp³-hybridized carbons (Fsp3) is 0.286. The molecule has 0 atom stereocenters. The fourth-order valence-corrected chi connectivity index (χ4v) is 3.96. The van der Waals surface area contributed by atoms with Crippen LogP contribution in [0.1, 0.15) is 29.6 Å². The van der Waals surface area contributed by atoms with Gasteiger partial charge in [0, 0.05) is 25.7 Å². The maximum atomic E-state index is 13.0. The van der Waals surface area contributed by atoms with Crippen molar-refractivity contribution < 1.29 is 9.32 Å². The van der Waals surface area contributed by atoms with E-state index in [1.807, 2.05) is 35.2 Å². The molecule has 1 aliphatic heterocycles. The summed E-state index contributed by atoms with van der Waals surface area (Å²) in [5.41, 5.74) is 3.42. The monoisotopic (exact) mass is 376 g/mol. The molecule has 0 unspecified atom stereocenters. The SMILES string of the molecule is Cn1oc2ccc(-c3cccc4c(C(=O)N5CCCCC5)cnn34)cc2c1=O. The molecule has 1 fully saturated rings. The van der Waals surface area contributed by atoms with Crippen LogP contribution >= 0.6 is 0 Å². The Kier molecular flexibility index (Phi) is 3.82. The number of carbonyl (C=O) groups is 1. The van der Waals surface area contributed by atoms with E-state index in [9.17, 15) is 9.59 Å². The smallest absolute Gasteiger partial charge is 0.290 e. The number of carbonyl (C=O) groups excluding carboxylic acids is 1. The minimum Gasteiger partial charge on any atom is -0.376 e. The van der Waals surface area contributed by atoms with Crippen molar-refractivity contribution in [1.82, 2.24) is 19.3 Å². The van der Waals surface area contributed by atoms with E-state index in [1.54, 1.807) is 23.8 Å². The molecule has 0 saturated carbocycles. The first-order chi connectivity index (χ1) is 13.6. The average molecular weight is 376 g/mol. The molecule has 1 saturated heterocycles. The quantitative estimate of drug-likeness (QED) is 0.539. The first-order valence-electron chi connectivity index (χ1n) is 9.50. The Balaban J connectivity index is 1.61. The number of pyridine rings is 1. The molecule has 1 amide bonds. The van der Waals surface area contributed by atoms with Crippen LogP contribution in [0.4, 0.5) is 0 Å². The Hall–Kier alpha value is -3.35. The molecule has 0 N–H and O–H groups in total. The van der Waals surface area contributed by atoms with E-state index in [0.29, 0.717) is 16.5 Å². The third-order valence-corrected chi connectivity index (χ3v) is 5.44. The van der Waals surface area contributed by atoms with Gasteiger partial charge in [0.15, 0.2) is 5.58 Å². The van der Waals surface area contributed by atoms with E-state index < -0.39 is 0 Å². The maximum Gasteiger partial charge on any atom is 0.290 e. The lowest BCUT2D eigenvalue weighted by atomic mass is 10.1. The van der Waals surface area contributed by atoms with Crippen LogP contribution < -0.4 is 5.56 Å². The highest BCUT2D eigenvalue weighted by Crippen LogP contribution is 2.26. The van der Waals surface area contributed by atoms with Gasteiger partial charge in [-0.05, 0) is 49.6 Å². The highest BCUT2D eigenvalue weighted by molar-refractivity contribution is 6.01. The summed E-state index contributed by atoms with van der Waals surface area (Å²) in [6, 6.07) is 11.2. The van der Waals surface area contributed by atoms with E-state index in [0.717, 1.165) is 42.7 Å². The summed E-state index contributed by atoms with van der Waals surface area (Å²) in [5.74, 6) is 0.0333. The van der Waals surface area contributed by atoms with E-state index in [4.69, 9.17) is 4.52 Å². The van der Waals surface area contributed by atoms with Gasteiger partial charge in [0.2, 0.25) is 0 Å². The number of aromatic nitrogens is 3. The summed E-state index contributed by atoms with van der Waals surface area (Å²) < 4.78 is 8.40. The van der Waals surface area contributed by atoms with Crippen LogP contribution in [0.3, 0.4) is 0 Å². The van der Waals surface area contributed by atoms with Gasteiger partial charge in [-0.15, -0.1) is 0 Å². The molecular formula is C21H20N4O3. The predicted molar refractivity (Wildman–Crippen MR) is 105 cm³/mol. The van der Waals surface area contributed by atoms with Gasteiger partial charge < -0.3 is 9.42 Å². The molecule has 3 aromatic heterocycles. The van der Waals surface area contributed by atoms with Gasteiger partial charge in [-0.2, -0.15) is 9.84 Å². The summed E-state index contributed by atoms with van der Waals surface area (Å²) in [7, 11) is 1.59. The number of nitrogens with zero attached hydrogens (tertiary/aromatic N) is 4. The maximum absolute atomic E-state index is 13.0. The molecule has 4 heterocycles. The summed E-state index contributed by atoms with van der Waals surface area (Å²) >= 11 is 0. The molecule has 1 aliphatic rings. The van der Waals surface area contributed by atoms with E-state index in [2.05, 4.69) is 5.10 Å². The van der Waals surface area contributed by atoms with Crippen LogP contribution in [-0.2, 0) is 7.05 Å². The largest absolute Gasteiger partial charge is 0.376 e. The van der Waals surface area contributed by atoms with Crippen molar-refractivity contribution >= 4 is 22.4 Å². The third kappa shape index (κ3) is 2.54. The van der Waals surface area contributed by atoms with Gasteiger partial charge in [0.25, 0.3) is 11.5 Å². The normalized spacial score (nSPS) is 14.8. The Bertz CT molecular complexity index is 1260. The summed E-state index contributed by atoms with van der Waals surface area (Å²) in [5, 5.41) is 5.00. The molecule has 7 heteroatoms. The predicted octanol–water partition coefficient (Wildman–Crippen LogP) is 3.07. The van der Waals surface area contributed by atoms with Crippen LogP contribution in [0, 0.1) is 0 Å². The van der Waals surface area contributed by atoms with Crippen molar-refractivity contribution in [3.05, 3.63) is 58.5 Å². The molecule has 0 bridgehead atoms. The topological polar surface area (TPSA) is 72.8 Å². The number of hydrogen-bond acceptors (Lipinski definition) is 4. The van der Waals surface area contributed by atoms with E-state index in [1.165, 1.54) is 11.2 Å². The van der Waals surface area contributed by atoms with Crippen molar-refractivity contribution in [2.45, 2.75) is 19.3 Å². The molecule has 0 radical (unpaired) electrons. The zero-order valence-corrected chi connectivity index (χ0v) is 15.6. The van der Waals surface area contributed by atoms with Gasteiger partial charge in [0.1, 0.15) is 0 Å². The van der Waals surface area contributed by atoms with Crippen molar-refractivity contribution in [2.75, 3.05) is 13.1 Å². The van der Waals surface area contributed by atoms with E-state index >= 15 is 0 Å². The van der Waals surface area contributed by atoms with Crippen molar-refractivity contribution in [3.8, 4) is 11.3 Å². The fourth-order valence-electron chi connectivity index (χ4n) is 3.96. The molecule has 4 aromatic rings.